The van der Waals surface area contributed by atoms with Crippen molar-refractivity contribution in [3.8, 4) is 0 Å². The van der Waals surface area contributed by atoms with E-state index in [2.05, 4.69) is 20.0 Å². The highest BCUT2D eigenvalue weighted by atomic mass is 32.2. The van der Waals surface area contributed by atoms with E-state index in [0.29, 0.717) is 12.1 Å². The summed E-state index contributed by atoms with van der Waals surface area (Å²) in [6.45, 7) is 2.67. The van der Waals surface area contributed by atoms with Gasteiger partial charge >= 0.3 is 0 Å². The van der Waals surface area contributed by atoms with Gasteiger partial charge in [-0.1, -0.05) is 0 Å². The van der Waals surface area contributed by atoms with Crippen LogP contribution >= 0.6 is 0 Å². The zero-order valence-corrected chi connectivity index (χ0v) is 10.6. The number of nitrogens with two attached hydrogens (primary N) is 1. The molecular formula is C9H14N6O2S. The average molecular weight is 270 g/mol. The molecule has 9 heteroatoms. The van der Waals surface area contributed by atoms with Crippen molar-refractivity contribution in [2.45, 2.75) is 25.0 Å². The van der Waals surface area contributed by atoms with Crippen molar-refractivity contribution in [3.05, 3.63) is 24.0 Å². The summed E-state index contributed by atoms with van der Waals surface area (Å²) >= 11 is 0. The quantitative estimate of drug-likeness (QED) is 0.700. The first kappa shape index (κ1) is 12.6. The molecule has 0 saturated heterocycles. The van der Waals surface area contributed by atoms with Crippen molar-refractivity contribution in [1.29, 1.82) is 0 Å². The zero-order valence-electron chi connectivity index (χ0n) is 9.79. The zero-order chi connectivity index (χ0) is 13.2. The lowest BCUT2D eigenvalue weighted by atomic mass is 10.4. The van der Waals surface area contributed by atoms with Gasteiger partial charge in [-0.3, -0.25) is 14.5 Å². The van der Waals surface area contributed by atoms with Gasteiger partial charge in [0.2, 0.25) is 0 Å². The SMILES string of the molecule is CCn1ccc(NS(=O)(=O)c2[nH]ncc2CN)n1. The van der Waals surface area contributed by atoms with Crippen LogP contribution in [-0.2, 0) is 23.1 Å². The second kappa shape index (κ2) is 4.78. The number of hydrogen-bond donors (Lipinski definition) is 3. The van der Waals surface area contributed by atoms with Crippen LogP contribution in [-0.4, -0.2) is 28.4 Å². The molecular weight excluding hydrogens is 256 g/mol. The highest BCUT2D eigenvalue weighted by Gasteiger charge is 2.21. The summed E-state index contributed by atoms with van der Waals surface area (Å²) in [4.78, 5) is 0. The summed E-state index contributed by atoms with van der Waals surface area (Å²) in [5.74, 6) is 0.259. The lowest BCUT2D eigenvalue weighted by molar-refractivity contribution is 0.595. The van der Waals surface area contributed by atoms with Gasteiger partial charge in [0, 0.05) is 30.9 Å². The smallest absolute Gasteiger partial charge is 0.280 e. The van der Waals surface area contributed by atoms with Gasteiger partial charge in [-0.2, -0.15) is 18.6 Å². The molecule has 8 nitrogen and oxygen atoms in total. The number of aromatic nitrogens is 4. The molecule has 0 aliphatic heterocycles. The minimum absolute atomic E-state index is 0.0314. The third-order valence-electron chi connectivity index (χ3n) is 2.37. The third-order valence-corrected chi connectivity index (χ3v) is 3.74. The van der Waals surface area contributed by atoms with E-state index in [1.165, 1.54) is 6.20 Å². The molecule has 0 atom stereocenters. The van der Waals surface area contributed by atoms with Gasteiger partial charge in [-0.25, -0.2) is 0 Å². The molecule has 0 saturated carbocycles. The average Bonchev–Trinajstić information content (AvgIpc) is 2.96. The van der Waals surface area contributed by atoms with Gasteiger partial charge in [-0.15, -0.1) is 0 Å². The Morgan fingerprint density at radius 3 is 2.94 bits per heavy atom. The molecule has 18 heavy (non-hydrogen) atoms. The molecule has 0 unspecified atom stereocenters. The molecule has 2 heterocycles. The van der Waals surface area contributed by atoms with Crippen LogP contribution in [0.25, 0.3) is 0 Å². The number of nitrogens with zero attached hydrogens (tertiary/aromatic N) is 3. The molecule has 2 rings (SSSR count). The molecule has 0 aliphatic carbocycles. The summed E-state index contributed by atoms with van der Waals surface area (Å²) < 4.78 is 28.1. The molecule has 0 amide bonds. The molecule has 0 spiro atoms. The Labute approximate surface area is 104 Å². The Kier molecular flexibility index (Phi) is 3.34. The first-order valence-electron chi connectivity index (χ1n) is 5.35. The van der Waals surface area contributed by atoms with Crippen molar-refractivity contribution in [2.75, 3.05) is 4.72 Å². The first-order chi connectivity index (χ1) is 8.56. The number of hydrogen-bond acceptors (Lipinski definition) is 5. The predicted molar refractivity (Wildman–Crippen MR) is 65.2 cm³/mol. The van der Waals surface area contributed by atoms with E-state index in [-0.39, 0.29) is 17.4 Å². The van der Waals surface area contributed by atoms with Crippen LogP contribution in [0, 0.1) is 0 Å². The number of anilines is 1. The fraction of sp³-hybridized carbons (Fsp3) is 0.333. The van der Waals surface area contributed by atoms with E-state index in [1.54, 1.807) is 16.9 Å². The van der Waals surface area contributed by atoms with Gasteiger partial charge in [0.25, 0.3) is 10.0 Å². The van der Waals surface area contributed by atoms with Gasteiger partial charge in [0.05, 0.1) is 6.20 Å². The minimum Gasteiger partial charge on any atom is -0.326 e. The Bertz CT molecular complexity index is 629. The van der Waals surface area contributed by atoms with E-state index in [4.69, 9.17) is 5.73 Å². The Balaban J connectivity index is 2.27. The van der Waals surface area contributed by atoms with Gasteiger partial charge in [0.15, 0.2) is 10.8 Å². The predicted octanol–water partition coefficient (Wildman–Crippen LogP) is -0.114. The summed E-state index contributed by atoms with van der Waals surface area (Å²) in [5, 5.41) is 10.1. The standard InChI is InChI=1S/C9H14N6O2S/c1-2-15-4-3-8(13-15)14-18(16,17)9-7(5-10)6-11-12-9/h3-4,6H,2,5,10H2,1H3,(H,11,12)(H,13,14). The van der Waals surface area contributed by atoms with Crippen LogP contribution in [0.3, 0.4) is 0 Å². The fourth-order valence-electron chi connectivity index (χ4n) is 1.46. The number of aryl methyl sites for hydroxylation is 1. The molecule has 0 bridgehead atoms. The molecule has 2 aromatic heterocycles. The minimum atomic E-state index is -3.73. The maximum absolute atomic E-state index is 12.1. The summed E-state index contributed by atoms with van der Waals surface area (Å²) in [5.41, 5.74) is 5.87. The van der Waals surface area contributed by atoms with Crippen molar-refractivity contribution in [3.63, 3.8) is 0 Å². The van der Waals surface area contributed by atoms with Crippen LogP contribution in [0.4, 0.5) is 5.82 Å². The van der Waals surface area contributed by atoms with Crippen molar-refractivity contribution < 1.29 is 8.42 Å². The molecule has 4 N–H and O–H groups in total. The number of rotatable bonds is 5. The number of sulfonamides is 1. The largest absolute Gasteiger partial charge is 0.326 e. The van der Waals surface area contributed by atoms with Gasteiger partial charge in [0.1, 0.15) is 0 Å². The molecule has 2 aromatic rings. The number of H-pyrrole nitrogens is 1. The molecule has 0 aliphatic rings. The van der Waals surface area contributed by atoms with Crippen molar-refractivity contribution >= 4 is 15.8 Å². The summed E-state index contributed by atoms with van der Waals surface area (Å²) in [6, 6.07) is 1.58. The third kappa shape index (κ3) is 2.36. The normalized spacial score (nSPS) is 11.7. The van der Waals surface area contributed by atoms with Crippen LogP contribution in [0.2, 0.25) is 0 Å². The molecule has 0 fully saturated rings. The van der Waals surface area contributed by atoms with Crippen LogP contribution in [0.5, 0.6) is 0 Å². The van der Waals surface area contributed by atoms with E-state index in [0.717, 1.165) is 0 Å². The maximum Gasteiger partial charge on any atom is 0.280 e. The Morgan fingerprint density at radius 1 is 1.56 bits per heavy atom. The highest BCUT2D eigenvalue weighted by Crippen LogP contribution is 2.15. The van der Waals surface area contributed by atoms with E-state index < -0.39 is 10.0 Å². The lowest BCUT2D eigenvalue weighted by Gasteiger charge is -2.04. The van der Waals surface area contributed by atoms with Gasteiger partial charge in [-0.05, 0) is 6.92 Å². The summed E-state index contributed by atoms with van der Waals surface area (Å²) in [6.07, 6.45) is 3.08. The highest BCUT2D eigenvalue weighted by molar-refractivity contribution is 7.92. The lowest BCUT2D eigenvalue weighted by Crippen LogP contribution is -2.16. The van der Waals surface area contributed by atoms with Crippen LogP contribution in [0.1, 0.15) is 12.5 Å². The van der Waals surface area contributed by atoms with Crippen molar-refractivity contribution in [1.82, 2.24) is 20.0 Å². The van der Waals surface area contributed by atoms with E-state index in [1.807, 2.05) is 6.92 Å². The maximum atomic E-state index is 12.1. The van der Waals surface area contributed by atoms with Gasteiger partial charge < -0.3 is 5.73 Å². The summed E-state index contributed by atoms with van der Waals surface area (Å²) in [7, 11) is -3.73. The second-order valence-corrected chi connectivity index (χ2v) is 5.21. The molecule has 98 valence electrons. The molecule has 0 radical (unpaired) electrons. The number of aromatic amines is 1. The first-order valence-corrected chi connectivity index (χ1v) is 6.83. The monoisotopic (exact) mass is 270 g/mol. The second-order valence-electron chi connectivity index (χ2n) is 3.59. The van der Waals surface area contributed by atoms with E-state index in [9.17, 15) is 8.42 Å². The molecule has 0 aromatic carbocycles. The van der Waals surface area contributed by atoms with Crippen LogP contribution in [0.15, 0.2) is 23.5 Å². The fourth-order valence-corrected chi connectivity index (χ4v) is 2.60. The van der Waals surface area contributed by atoms with Crippen molar-refractivity contribution in [2.24, 2.45) is 5.73 Å². The van der Waals surface area contributed by atoms with Crippen LogP contribution < -0.4 is 10.5 Å². The Hall–Kier alpha value is -1.87. The Morgan fingerprint density at radius 2 is 2.33 bits per heavy atom. The van der Waals surface area contributed by atoms with E-state index >= 15 is 0 Å². The number of nitrogens with one attached hydrogen (secondary N) is 2. The topological polar surface area (TPSA) is 119 Å².